The van der Waals surface area contributed by atoms with Crippen molar-refractivity contribution in [3.05, 3.63) is 72.3 Å². The number of imidazole rings is 1. The van der Waals surface area contributed by atoms with Gasteiger partial charge in [0, 0.05) is 48.2 Å². The van der Waals surface area contributed by atoms with Crippen molar-refractivity contribution in [3.8, 4) is 0 Å². The molecule has 29 heavy (non-hydrogen) atoms. The highest BCUT2D eigenvalue weighted by molar-refractivity contribution is 6.49. The number of nitrogens with zero attached hydrogens (tertiary/aromatic N) is 3. The lowest BCUT2D eigenvalue weighted by molar-refractivity contribution is -0.122. The van der Waals surface area contributed by atoms with Crippen molar-refractivity contribution in [1.29, 1.82) is 0 Å². The maximum atomic E-state index is 12.8. The van der Waals surface area contributed by atoms with Crippen molar-refractivity contribution in [1.82, 2.24) is 19.3 Å². The second kappa shape index (κ2) is 6.72. The van der Waals surface area contributed by atoms with Crippen LogP contribution in [0.15, 0.2) is 61.1 Å². The molecule has 2 amide bonds. The van der Waals surface area contributed by atoms with Crippen LogP contribution in [0.25, 0.3) is 27.7 Å². The molecule has 0 spiro atoms. The van der Waals surface area contributed by atoms with Gasteiger partial charge in [0.1, 0.15) is 5.65 Å². The molecule has 4 heterocycles. The number of aromatic nitrogens is 3. The van der Waals surface area contributed by atoms with Gasteiger partial charge >= 0.3 is 0 Å². The Hall–Kier alpha value is -3.71. The molecule has 0 aliphatic carbocycles. The SMILES string of the molecule is O=C1NC(=O)C(c2cccc3nccn23)=C1c1cn(CCCO)c2ccccc12. The third-order valence-corrected chi connectivity index (χ3v) is 5.23. The molecule has 0 atom stereocenters. The second-order valence-corrected chi connectivity index (χ2v) is 6.93. The Morgan fingerprint density at radius 3 is 2.69 bits per heavy atom. The third kappa shape index (κ3) is 2.67. The van der Waals surface area contributed by atoms with Gasteiger partial charge in [0.15, 0.2) is 0 Å². The van der Waals surface area contributed by atoms with Crippen molar-refractivity contribution in [2.75, 3.05) is 6.61 Å². The van der Waals surface area contributed by atoms with Gasteiger partial charge in [-0.25, -0.2) is 4.98 Å². The number of amides is 2. The van der Waals surface area contributed by atoms with Crippen LogP contribution < -0.4 is 5.32 Å². The number of aryl methyl sites for hydroxylation is 1. The summed E-state index contributed by atoms with van der Waals surface area (Å²) in [6.07, 6.45) is 5.93. The van der Waals surface area contributed by atoms with E-state index in [0.29, 0.717) is 41.0 Å². The van der Waals surface area contributed by atoms with Crippen molar-refractivity contribution < 1.29 is 14.7 Å². The topological polar surface area (TPSA) is 88.6 Å². The van der Waals surface area contributed by atoms with Crippen molar-refractivity contribution in [2.24, 2.45) is 0 Å². The fraction of sp³-hybridized carbons (Fsp3) is 0.136. The van der Waals surface area contributed by atoms with Crippen molar-refractivity contribution in [3.63, 3.8) is 0 Å². The first-order valence-corrected chi connectivity index (χ1v) is 9.40. The number of carbonyl (C=O) groups excluding carboxylic acids is 2. The Bertz CT molecular complexity index is 1310. The first-order chi connectivity index (χ1) is 14.2. The summed E-state index contributed by atoms with van der Waals surface area (Å²) in [5, 5.41) is 12.6. The van der Waals surface area contributed by atoms with Gasteiger partial charge in [0.25, 0.3) is 11.8 Å². The highest BCUT2D eigenvalue weighted by Gasteiger charge is 2.34. The maximum absolute atomic E-state index is 12.8. The number of imide groups is 1. The fourth-order valence-corrected chi connectivity index (χ4v) is 3.98. The second-order valence-electron chi connectivity index (χ2n) is 6.93. The normalized spacial score (nSPS) is 14.4. The van der Waals surface area contributed by atoms with Crippen LogP contribution in [-0.4, -0.2) is 37.5 Å². The number of para-hydroxylation sites is 1. The largest absolute Gasteiger partial charge is 0.396 e. The average molecular weight is 386 g/mol. The maximum Gasteiger partial charge on any atom is 0.261 e. The standard InChI is InChI=1S/C22H18N4O3/c27-12-4-10-25-13-15(14-5-1-2-6-16(14)25)19-20(22(29)24-21(19)28)17-7-3-8-18-23-9-11-26(17)18/h1-3,5-9,11,13,27H,4,10,12H2,(H,24,28,29). The Morgan fingerprint density at radius 1 is 1.00 bits per heavy atom. The molecule has 4 aromatic rings. The van der Waals surface area contributed by atoms with Crippen LogP contribution in [0.1, 0.15) is 17.7 Å². The van der Waals surface area contributed by atoms with E-state index in [-0.39, 0.29) is 6.61 Å². The zero-order valence-electron chi connectivity index (χ0n) is 15.5. The molecular formula is C22H18N4O3. The molecule has 5 rings (SSSR count). The van der Waals surface area contributed by atoms with Crippen LogP contribution in [-0.2, 0) is 16.1 Å². The summed E-state index contributed by atoms with van der Waals surface area (Å²) in [6.45, 7) is 0.698. The van der Waals surface area contributed by atoms with Gasteiger partial charge in [0.2, 0.25) is 0 Å². The number of fused-ring (bicyclic) bond motifs is 2. The van der Waals surface area contributed by atoms with E-state index in [9.17, 15) is 14.7 Å². The van der Waals surface area contributed by atoms with Crippen molar-refractivity contribution in [2.45, 2.75) is 13.0 Å². The molecule has 0 radical (unpaired) electrons. The minimum Gasteiger partial charge on any atom is -0.396 e. The summed E-state index contributed by atoms with van der Waals surface area (Å²) in [4.78, 5) is 29.9. The van der Waals surface area contributed by atoms with Crippen LogP contribution >= 0.6 is 0 Å². The summed E-state index contributed by atoms with van der Waals surface area (Å²) >= 11 is 0. The first-order valence-electron chi connectivity index (χ1n) is 9.40. The van der Waals surface area contributed by atoms with Gasteiger partial charge in [0.05, 0.1) is 16.8 Å². The molecule has 0 bridgehead atoms. The molecule has 2 N–H and O–H groups in total. The summed E-state index contributed by atoms with van der Waals surface area (Å²) in [6, 6.07) is 13.2. The Labute approximate surface area is 165 Å². The number of aliphatic hydroxyl groups excluding tert-OH is 1. The predicted octanol–water partition coefficient (Wildman–Crippen LogP) is 2.24. The van der Waals surface area contributed by atoms with E-state index < -0.39 is 11.8 Å². The molecule has 3 aromatic heterocycles. The van der Waals surface area contributed by atoms with Gasteiger partial charge in [-0.15, -0.1) is 0 Å². The molecule has 0 unspecified atom stereocenters. The lowest BCUT2D eigenvalue weighted by Gasteiger charge is -2.07. The van der Waals surface area contributed by atoms with Gasteiger partial charge in [-0.2, -0.15) is 0 Å². The molecule has 7 nitrogen and oxygen atoms in total. The van der Waals surface area contributed by atoms with Crippen LogP contribution in [0.3, 0.4) is 0 Å². The molecule has 1 aliphatic rings. The molecule has 144 valence electrons. The van der Waals surface area contributed by atoms with Gasteiger partial charge in [-0.05, 0) is 24.6 Å². The molecule has 1 aromatic carbocycles. The quantitative estimate of drug-likeness (QED) is 0.515. The molecular weight excluding hydrogens is 368 g/mol. The number of benzene rings is 1. The van der Waals surface area contributed by atoms with E-state index in [4.69, 9.17) is 0 Å². The number of rotatable bonds is 5. The number of carbonyl (C=O) groups is 2. The van der Waals surface area contributed by atoms with E-state index in [0.717, 1.165) is 10.9 Å². The molecule has 7 heteroatoms. The zero-order chi connectivity index (χ0) is 20.0. The minimum absolute atomic E-state index is 0.0807. The number of hydrogen-bond acceptors (Lipinski definition) is 4. The van der Waals surface area contributed by atoms with E-state index in [1.54, 1.807) is 16.8 Å². The number of aliphatic hydroxyl groups is 1. The predicted molar refractivity (Wildman–Crippen MR) is 109 cm³/mol. The smallest absolute Gasteiger partial charge is 0.261 e. The summed E-state index contributed by atoms with van der Waals surface area (Å²) in [5.74, 6) is -0.828. The minimum atomic E-state index is -0.418. The summed E-state index contributed by atoms with van der Waals surface area (Å²) in [5.41, 5.74) is 3.67. The van der Waals surface area contributed by atoms with Crippen LogP contribution in [0.5, 0.6) is 0 Å². The Balaban J connectivity index is 1.80. The Kier molecular flexibility index (Phi) is 4.03. The first kappa shape index (κ1) is 17.4. The number of pyridine rings is 1. The van der Waals surface area contributed by atoms with E-state index in [1.165, 1.54) is 0 Å². The van der Waals surface area contributed by atoms with E-state index in [1.807, 2.05) is 53.2 Å². The molecule has 0 saturated carbocycles. The van der Waals surface area contributed by atoms with Gasteiger partial charge < -0.3 is 9.67 Å². The summed E-state index contributed by atoms with van der Waals surface area (Å²) in [7, 11) is 0. The van der Waals surface area contributed by atoms with Gasteiger partial charge in [-0.3, -0.25) is 19.3 Å². The van der Waals surface area contributed by atoms with E-state index in [2.05, 4.69) is 10.3 Å². The third-order valence-electron chi connectivity index (χ3n) is 5.23. The molecule has 1 aliphatic heterocycles. The van der Waals surface area contributed by atoms with Crippen LogP contribution in [0.4, 0.5) is 0 Å². The monoisotopic (exact) mass is 386 g/mol. The lowest BCUT2D eigenvalue weighted by atomic mass is 9.98. The van der Waals surface area contributed by atoms with Gasteiger partial charge in [-0.1, -0.05) is 24.3 Å². The fourth-order valence-electron chi connectivity index (χ4n) is 3.98. The van der Waals surface area contributed by atoms with Crippen LogP contribution in [0, 0.1) is 0 Å². The average Bonchev–Trinajstić information content (AvgIpc) is 3.41. The number of hydrogen-bond donors (Lipinski definition) is 2. The number of nitrogens with one attached hydrogen (secondary N) is 1. The zero-order valence-corrected chi connectivity index (χ0v) is 15.5. The molecule has 0 fully saturated rings. The highest BCUT2D eigenvalue weighted by atomic mass is 16.3. The van der Waals surface area contributed by atoms with Crippen LogP contribution in [0.2, 0.25) is 0 Å². The lowest BCUT2D eigenvalue weighted by Crippen LogP contribution is -2.23. The summed E-state index contributed by atoms with van der Waals surface area (Å²) < 4.78 is 3.82. The molecule has 0 saturated heterocycles. The van der Waals surface area contributed by atoms with Crippen molar-refractivity contribution >= 4 is 39.5 Å². The highest BCUT2D eigenvalue weighted by Crippen LogP contribution is 2.36. The Morgan fingerprint density at radius 2 is 1.83 bits per heavy atom. The van der Waals surface area contributed by atoms with E-state index >= 15 is 0 Å².